The van der Waals surface area contributed by atoms with E-state index < -0.39 is 6.10 Å². The fraction of sp³-hybridized carbons (Fsp3) is 0.909. The van der Waals surface area contributed by atoms with Gasteiger partial charge in [-0.25, -0.2) is 0 Å². The molecule has 0 aromatic carbocycles. The van der Waals surface area contributed by atoms with Crippen LogP contribution < -0.4 is 10.6 Å². The fourth-order valence-electron chi connectivity index (χ4n) is 1.32. The molecule has 3 N–H and O–H groups in total. The Balaban J connectivity index is 2.11. The third-order valence-corrected chi connectivity index (χ3v) is 2.83. The highest BCUT2D eigenvalue weighted by atomic mass is 16.5. The largest absolute Gasteiger partial charge is 0.391 e. The minimum atomic E-state index is -0.495. The maximum absolute atomic E-state index is 11.4. The second kappa shape index (κ2) is 5.61. The Morgan fingerprint density at radius 3 is 2.62 bits per heavy atom. The van der Waals surface area contributed by atoms with E-state index in [-0.39, 0.29) is 30.6 Å². The zero-order valence-electron chi connectivity index (χ0n) is 10.2. The molecule has 16 heavy (non-hydrogen) atoms. The minimum Gasteiger partial charge on any atom is -0.391 e. The van der Waals surface area contributed by atoms with Crippen molar-refractivity contribution in [3.05, 3.63) is 0 Å². The number of nitrogens with one attached hydrogen (secondary N) is 2. The number of ether oxygens (including phenoxy) is 1. The second-order valence-electron chi connectivity index (χ2n) is 4.96. The molecule has 94 valence electrons. The molecule has 5 nitrogen and oxygen atoms in total. The lowest BCUT2D eigenvalue weighted by Gasteiger charge is -2.38. The summed E-state index contributed by atoms with van der Waals surface area (Å²) < 4.78 is 5.46. The molecular formula is C11H22N2O3. The number of carbonyl (C=O) groups is 1. The number of carbonyl (C=O) groups excluding carboxylic acids is 1. The van der Waals surface area contributed by atoms with Gasteiger partial charge in [-0.3, -0.25) is 4.79 Å². The van der Waals surface area contributed by atoms with Crippen molar-refractivity contribution in [1.29, 1.82) is 0 Å². The van der Waals surface area contributed by atoms with E-state index in [1.165, 1.54) is 0 Å². The lowest BCUT2D eigenvalue weighted by molar-refractivity contribution is -0.136. The fourth-order valence-corrected chi connectivity index (χ4v) is 1.32. The minimum absolute atomic E-state index is 0.0585. The summed E-state index contributed by atoms with van der Waals surface area (Å²) in [6, 6.07) is 0. The highest BCUT2D eigenvalue weighted by Gasteiger charge is 2.32. The Bertz CT molecular complexity index is 239. The van der Waals surface area contributed by atoms with Crippen molar-refractivity contribution in [2.24, 2.45) is 5.92 Å². The van der Waals surface area contributed by atoms with Gasteiger partial charge in [-0.2, -0.15) is 0 Å². The van der Waals surface area contributed by atoms with Crippen molar-refractivity contribution in [2.45, 2.75) is 32.5 Å². The van der Waals surface area contributed by atoms with Crippen LogP contribution in [0, 0.1) is 5.92 Å². The van der Waals surface area contributed by atoms with Gasteiger partial charge in [0.2, 0.25) is 5.91 Å². The normalized spacial score (nSPS) is 20.3. The lowest BCUT2D eigenvalue weighted by Crippen LogP contribution is -2.59. The van der Waals surface area contributed by atoms with Crippen LogP contribution in [0.2, 0.25) is 0 Å². The van der Waals surface area contributed by atoms with Crippen molar-refractivity contribution in [3.63, 3.8) is 0 Å². The second-order valence-corrected chi connectivity index (χ2v) is 4.96. The van der Waals surface area contributed by atoms with Crippen molar-refractivity contribution in [1.82, 2.24) is 10.6 Å². The number of rotatable bonds is 6. The monoisotopic (exact) mass is 230 g/mol. The zero-order chi connectivity index (χ0) is 12.2. The number of hydrogen-bond acceptors (Lipinski definition) is 4. The molecule has 1 aliphatic heterocycles. The maximum Gasteiger partial charge on any atom is 0.246 e. The molecule has 0 spiro atoms. The van der Waals surface area contributed by atoms with E-state index in [4.69, 9.17) is 4.74 Å². The molecule has 1 unspecified atom stereocenters. The summed E-state index contributed by atoms with van der Waals surface area (Å²) in [5, 5.41) is 15.2. The Morgan fingerprint density at radius 1 is 1.56 bits per heavy atom. The Hall–Kier alpha value is -0.650. The summed E-state index contributed by atoms with van der Waals surface area (Å²) in [4.78, 5) is 11.4. The van der Waals surface area contributed by atoms with Gasteiger partial charge in [0.1, 0.15) is 6.61 Å². The summed E-state index contributed by atoms with van der Waals surface area (Å²) in [7, 11) is 0. The van der Waals surface area contributed by atoms with E-state index >= 15 is 0 Å². The molecule has 1 atom stereocenters. The van der Waals surface area contributed by atoms with Crippen LogP contribution in [-0.2, 0) is 9.53 Å². The summed E-state index contributed by atoms with van der Waals surface area (Å²) in [6.07, 6.45) is -0.495. The van der Waals surface area contributed by atoms with E-state index in [9.17, 15) is 9.90 Å². The van der Waals surface area contributed by atoms with E-state index in [0.29, 0.717) is 0 Å². The molecule has 1 rings (SSSR count). The Kier molecular flexibility index (Phi) is 4.70. The topological polar surface area (TPSA) is 70.6 Å². The first-order valence-electron chi connectivity index (χ1n) is 5.72. The first-order valence-corrected chi connectivity index (χ1v) is 5.72. The predicted molar refractivity (Wildman–Crippen MR) is 61.1 cm³/mol. The van der Waals surface area contributed by atoms with Crippen LogP contribution in [0.15, 0.2) is 0 Å². The van der Waals surface area contributed by atoms with Gasteiger partial charge in [-0.15, -0.1) is 0 Å². The number of aliphatic hydroxyl groups excluding tert-OH is 1. The molecule has 5 heteroatoms. The molecule has 1 amide bonds. The number of hydrogen-bond donors (Lipinski definition) is 3. The molecule has 1 fully saturated rings. The van der Waals surface area contributed by atoms with E-state index in [2.05, 4.69) is 10.6 Å². The SMILES string of the molecule is CC(C)C(O)CNC(=O)COC1(C)CNC1. The summed E-state index contributed by atoms with van der Waals surface area (Å²) in [6.45, 7) is 7.71. The third kappa shape index (κ3) is 4.08. The van der Waals surface area contributed by atoms with Crippen LogP contribution in [0.3, 0.4) is 0 Å². The Morgan fingerprint density at radius 2 is 2.19 bits per heavy atom. The van der Waals surface area contributed by atoms with Crippen LogP contribution >= 0.6 is 0 Å². The van der Waals surface area contributed by atoms with Gasteiger partial charge in [0.15, 0.2) is 0 Å². The van der Waals surface area contributed by atoms with Gasteiger partial charge < -0.3 is 20.5 Å². The summed E-state index contributed by atoms with van der Waals surface area (Å²) in [5.41, 5.74) is -0.200. The van der Waals surface area contributed by atoms with Gasteiger partial charge in [-0.1, -0.05) is 13.8 Å². The van der Waals surface area contributed by atoms with Gasteiger partial charge >= 0.3 is 0 Å². The van der Waals surface area contributed by atoms with Crippen molar-refractivity contribution < 1.29 is 14.6 Å². The van der Waals surface area contributed by atoms with E-state index in [1.807, 2.05) is 20.8 Å². The standard InChI is InChI=1S/C11H22N2O3/c1-8(2)9(14)4-13-10(15)5-16-11(3)6-12-7-11/h8-9,12,14H,4-7H2,1-3H3,(H,13,15). The molecule has 1 heterocycles. The molecule has 1 saturated heterocycles. The maximum atomic E-state index is 11.4. The average Bonchev–Trinajstić information content (AvgIpc) is 2.19. The molecule has 0 aromatic heterocycles. The molecule has 0 aromatic rings. The number of aliphatic hydroxyl groups is 1. The molecule has 0 aliphatic carbocycles. The smallest absolute Gasteiger partial charge is 0.246 e. The Labute approximate surface area is 96.6 Å². The van der Waals surface area contributed by atoms with Crippen LogP contribution in [0.25, 0.3) is 0 Å². The molecular weight excluding hydrogens is 208 g/mol. The summed E-state index contributed by atoms with van der Waals surface area (Å²) in [5.74, 6) is -0.0256. The first-order chi connectivity index (χ1) is 7.43. The molecule has 1 aliphatic rings. The number of amides is 1. The van der Waals surface area contributed by atoms with Crippen molar-refractivity contribution in [3.8, 4) is 0 Å². The van der Waals surface area contributed by atoms with E-state index in [1.54, 1.807) is 0 Å². The van der Waals surface area contributed by atoms with Gasteiger partial charge in [0.05, 0.1) is 11.7 Å². The van der Waals surface area contributed by atoms with Crippen molar-refractivity contribution in [2.75, 3.05) is 26.2 Å². The zero-order valence-corrected chi connectivity index (χ0v) is 10.2. The molecule has 0 bridgehead atoms. The summed E-state index contributed by atoms with van der Waals surface area (Å²) >= 11 is 0. The van der Waals surface area contributed by atoms with Crippen LogP contribution in [0.1, 0.15) is 20.8 Å². The van der Waals surface area contributed by atoms with E-state index in [0.717, 1.165) is 13.1 Å². The highest BCUT2D eigenvalue weighted by Crippen LogP contribution is 2.14. The highest BCUT2D eigenvalue weighted by molar-refractivity contribution is 5.77. The van der Waals surface area contributed by atoms with Crippen LogP contribution in [0.4, 0.5) is 0 Å². The van der Waals surface area contributed by atoms with Crippen LogP contribution in [-0.4, -0.2) is 49.0 Å². The van der Waals surface area contributed by atoms with Crippen LogP contribution in [0.5, 0.6) is 0 Å². The predicted octanol–water partition coefficient (Wildman–Crippen LogP) is -0.502. The third-order valence-electron chi connectivity index (χ3n) is 2.83. The lowest BCUT2D eigenvalue weighted by atomic mass is 10.0. The first kappa shape index (κ1) is 13.4. The van der Waals surface area contributed by atoms with Crippen molar-refractivity contribution >= 4 is 5.91 Å². The average molecular weight is 230 g/mol. The van der Waals surface area contributed by atoms with Gasteiger partial charge in [0.25, 0.3) is 0 Å². The van der Waals surface area contributed by atoms with Gasteiger partial charge in [0, 0.05) is 19.6 Å². The molecule has 0 saturated carbocycles. The van der Waals surface area contributed by atoms with Gasteiger partial charge in [-0.05, 0) is 12.8 Å². The molecule has 0 radical (unpaired) electrons. The quantitative estimate of drug-likeness (QED) is 0.575.